The lowest BCUT2D eigenvalue weighted by atomic mass is 10.2. The highest BCUT2D eigenvalue weighted by Crippen LogP contribution is 2.12. The minimum atomic E-state index is -0.400. The van der Waals surface area contributed by atoms with Gasteiger partial charge in [0, 0.05) is 11.4 Å². The summed E-state index contributed by atoms with van der Waals surface area (Å²) in [6.07, 6.45) is 0.853. The molecule has 0 saturated heterocycles. The molecule has 0 aliphatic carbocycles. The normalized spacial score (nSPS) is 9.50. The van der Waals surface area contributed by atoms with Crippen molar-refractivity contribution in [2.75, 3.05) is 5.88 Å². The molecule has 1 aromatic carbocycles. The molecule has 0 radical (unpaired) electrons. The molecule has 0 amide bonds. The molecule has 1 rings (SSSR count). The number of alkyl halides is 1. The maximum atomic E-state index is 11.0. The Morgan fingerprint density at radius 1 is 1.50 bits per heavy atom. The molecule has 0 atom stereocenters. The van der Waals surface area contributed by atoms with Gasteiger partial charge in [-0.2, -0.15) is 0 Å². The zero-order valence-electron chi connectivity index (χ0n) is 7.40. The van der Waals surface area contributed by atoms with Gasteiger partial charge in [0.15, 0.2) is 0 Å². The second kappa shape index (κ2) is 5.40. The molecule has 0 N–H and O–H groups in total. The van der Waals surface area contributed by atoms with E-state index in [1.807, 2.05) is 0 Å². The van der Waals surface area contributed by atoms with E-state index in [0.29, 0.717) is 17.6 Å². The molecule has 0 aliphatic rings. The molecule has 0 spiro atoms. The SMILES string of the molecule is O=Cc1cccc(OC(=O)CCCl)c1. The first-order valence-electron chi connectivity index (χ1n) is 4.08. The second-order valence-corrected chi connectivity index (χ2v) is 2.98. The molecule has 0 aliphatic heterocycles. The molecular weight excluding hydrogens is 204 g/mol. The first-order chi connectivity index (χ1) is 6.76. The number of benzene rings is 1. The fourth-order valence-electron chi connectivity index (χ4n) is 0.911. The van der Waals surface area contributed by atoms with E-state index in [2.05, 4.69) is 0 Å². The van der Waals surface area contributed by atoms with Gasteiger partial charge in [0.2, 0.25) is 0 Å². The maximum Gasteiger partial charge on any atom is 0.312 e. The lowest BCUT2D eigenvalue weighted by Crippen LogP contribution is -2.08. The summed E-state index contributed by atoms with van der Waals surface area (Å²) in [7, 11) is 0. The van der Waals surface area contributed by atoms with Gasteiger partial charge in [-0.05, 0) is 12.1 Å². The topological polar surface area (TPSA) is 43.4 Å². The van der Waals surface area contributed by atoms with Crippen molar-refractivity contribution in [2.45, 2.75) is 6.42 Å². The minimum absolute atomic E-state index is 0.160. The van der Waals surface area contributed by atoms with Crippen molar-refractivity contribution in [1.29, 1.82) is 0 Å². The van der Waals surface area contributed by atoms with Crippen LogP contribution in [0.4, 0.5) is 0 Å². The van der Waals surface area contributed by atoms with Crippen molar-refractivity contribution >= 4 is 23.9 Å². The van der Waals surface area contributed by atoms with E-state index in [1.165, 1.54) is 6.07 Å². The van der Waals surface area contributed by atoms with Crippen molar-refractivity contribution < 1.29 is 14.3 Å². The van der Waals surface area contributed by atoms with Crippen molar-refractivity contribution in [2.24, 2.45) is 0 Å². The van der Waals surface area contributed by atoms with Crippen LogP contribution in [0.15, 0.2) is 24.3 Å². The van der Waals surface area contributed by atoms with Crippen molar-refractivity contribution in [3.05, 3.63) is 29.8 Å². The molecule has 1 aromatic rings. The molecule has 14 heavy (non-hydrogen) atoms. The Hall–Kier alpha value is -1.35. The van der Waals surface area contributed by atoms with E-state index in [0.717, 1.165) is 0 Å². The van der Waals surface area contributed by atoms with Crippen LogP contribution in [0.5, 0.6) is 5.75 Å². The van der Waals surface area contributed by atoms with Gasteiger partial charge in [-0.15, -0.1) is 11.6 Å². The van der Waals surface area contributed by atoms with Crippen LogP contribution < -0.4 is 4.74 Å². The van der Waals surface area contributed by atoms with Gasteiger partial charge in [0.1, 0.15) is 12.0 Å². The van der Waals surface area contributed by atoms with Crippen molar-refractivity contribution in [3.63, 3.8) is 0 Å². The Morgan fingerprint density at radius 2 is 2.29 bits per heavy atom. The van der Waals surface area contributed by atoms with E-state index in [1.54, 1.807) is 18.2 Å². The number of esters is 1. The van der Waals surface area contributed by atoms with Crippen LogP contribution in [0.1, 0.15) is 16.8 Å². The Labute approximate surface area is 86.6 Å². The summed E-state index contributed by atoms with van der Waals surface area (Å²) in [4.78, 5) is 21.4. The Morgan fingerprint density at radius 3 is 2.93 bits per heavy atom. The standard InChI is InChI=1S/C10H9ClO3/c11-5-4-10(13)14-9-3-1-2-8(6-9)7-12/h1-3,6-7H,4-5H2. The predicted octanol–water partition coefficient (Wildman–Crippen LogP) is 2.03. The number of hydrogen-bond acceptors (Lipinski definition) is 3. The van der Waals surface area contributed by atoms with Crippen LogP contribution in [0, 0.1) is 0 Å². The molecule has 0 aromatic heterocycles. The van der Waals surface area contributed by atoms with E-state index in [-0.39, 0.29) is 12.3 Å². The molecule has 0 heterocycles. The van der Waals surface area contributed by atoms with Gasteiger partial charge in [0.05, 0.1) is 6.42 Å². The van der Waals surface area contributed by atoms with Crippen LogP contribution in [-0.4, -0.2) is 18.1 Å². The van der Waals surface area contributed by atoms with Gasteiger partial charge in [-0.3, -0.25) is 9.59 Å². The van der Waals surface area contributed by atoms with Crippen LogP contribution in [0.2, 0.25) is 0 Å². The molecule has 0 bridgehead atoms. The Balaban J connectivity index is 2.66. The number of rotatable bonds is 4. The molecule has 0 unspecified atom stereocenters. The quantitative estimate of drug-likeness (QED) is 0.332. The molecule has 0 fully saturated rings. The average Bonchev–Trinajstić information content (AvgIpc) is 2.18. The first-order valence-corrected chi connectivity index (χ1v) is 4.61. The smallest absolute Gasteiger partial charge is 0.312 e. The van der Waals surface area contributed by atoms with E-state index < -0.39 is 5.97 Å². The summed E-state index contributed by atoms with van der Waals surface area (Å²) >= 11 is 5.36. The molecular formula is C10H9ClO3. The van der Waals surface area contributed by atoms with Crippen LogP contribution >= 0.6 is 11.6 Å². The number of halogens is 1. The van der Waals surface area contributed by atoms with Gasteiger partial charge >= 0.3 is 5.97 Å². The lowest BCUT2D eigenvalue weighted by Gasteiger charge is -2.02. The average molecular weight is 213 g/mol. The van der Waals surface area contributed by atoms with E-state index >= 15 is 0 Å². The summed E-state index contributed by atoms with van der Waals surface area (Å²) in [6, 6.07) is 6.39. The Kier molecular flexibility index (Phi) is 4.13. The zero-order valence-corrected chi connectivity index (χ0v) is 8.16. The number of ether oxygens (including phenoxy) is 1. The van der Waals surface area contributed by atoms with Crippen LogP contribution in [0.25, 0.3) is 0 Å². The summed E-state index contributed by atoms with van der Waals surface area (Å²) in [6.45, 7) is 0. The molecule has 4 heteroatoms. The maximum absolute atomic E-state index is 11.0. The predicted molar refractivity (Wildman–Crippen MR) is 52.8 cm³/mol. The third kappa shape index (κ3) is 3.18. The zero-order chi connectivity index (χ0) is 10.4. The van der Waals surface area contributed by atoms with Crippen molar-refractivity contribution in [1.82, 2.24) is 0 Å². The number of carbonyl (C=O) groups is 2. The highest BCUT2D eigenvalue weighted by molar-refractivity contribution is 6.18. The van der Waals surface area contributed by atoms with Gasteiger partial charge < -0.3 is 4.74 Å². The van der Waals surface area contributed by atoms with Gasteiger partial charge in [-0.25, -0.2) is 0 Å². The molecule has 3 nitrogen and oxygen atoms in total. The molecule has 0 saturated carbocycles. The summed E-state index contributed by atoms with van der Waals surface area (Å²) in [5.41, 5.74) is 0.473. The fraction of sp³-hybridized carbons (Fsp3) is 0.200. The monoisotopic (exact) mass is 212 g/mol. The highest BCUT2D eigenvalue weighted by atomic mass is 35.5. The number of aldehydes is 1. The largest absolute Gasteiger partial charge is 0.426 e. The summed E-state index contributed by atoms with van der Waals surface area (Å²) < 4.78 is 4.92. The van der Waals surface area contributed by atoms with E-state index in [9.17, 15) is 9.59 Å². The third-order valence-corrected chi connectivity index (χ3v) is 1.71. The second-order valence-electron chi connectivity index (χ2n) is 2.60. The first kappa shape index (κ1) is 10.7. The number of carbonyl (C=O) groups excluding carboxylic acids is 2. The Bertz CT molecular complexity index is 336. The van der Waals surface area contributed by atoms with Crippen LogP contribution in [0.3, 0.4) is 0 Å². The minimum Gasteiger partial charge on any atom is -0.426 e. The fourth-order valence-corrected chi connectivity index (χ4v) is 1.07. The number of hydrogen-bond donors (Lipinski definition) is 0. The highest BCUT2D eigenvalue weighted by Gasteiger charge is 2.03. The van der Waals surface area contributed by atoms with Crippen LogP contribution in [-0.2, 0) is 4.79 Å². The summed E-state index contributed by atoms with van der Waals surface area (Å²) in [5.74, 6) is 0.194. The molecule has 74 valence electrons. The van der Waals surface area contributed by atoms with Gasteiger partial charge in [0.25, 0.3) is 0 Å². The van der Waals surface area contributed by atoms with E-state index in [4.69, 9.17) is 16.3 Å². The third-order valence-electron chi connectivity index (χ3n) is 1.52. The van der Waals surface area contributed by atoms with Gasteiger partial charge in [-0.1, -0.05) is 12.1 Å². The lowest BCUT2D eigenvalue weighted by molar-refractivity contribution is -0.133. The van der Waals surface area contributed by atoms with Crippen molar-refractivity contribution in [3.8, 4) is 5.75 Å². The summed E-state index contributed by atoms with van der Waals surface area (Å²) in [5, 5.41) is 0.